The van der Waals surface area contributed by atoms with Gasteiger partial charge >= 0.3 is 6.18 Å². The molecule has 0 aliphatic heterocycles. The summed E-state index contributed by atoms with van der Waals surface area (Å²) in [5.41, 5.74) is -1.11. The SMILES string of the molecule is CC(c1ccc(C(F)(F)F)nc1)n1nc(C#N)c2c(=O)[nH]c(CCc3ncccn3)nc21. The van der Waals surface area contributed by atoms with Gasteiger partial charge in [-0.15, -0.1) is 0 Å². The van der Waals surface area contributed by atoms with Gasteiger partial charge in [-0.25, -0.2) is 19.6 Å². The molecule has 1 atom stereocenters. The highest BCUT2D eigenvalue weighted by Gasteiger charge is 2.32. The van der Waals surface area contributed by atoms with Crippen LogP contribution in [0, 0.1) is 11.3 Å². The fourth-order valence-electron chi connectivity index (χ4n) is 3.21. The largest absolute Gasteiger partial charge is 0.433 e. The molecule has 0 saturated carbocycles. The highest BCUT2D eigenvalue weighted by atomic mass is 19.4. The monoisotopic (exact) mass is 440 g/mol. The summed E-state index contributed by atoms with van der Waals surface area (Å²) >= 11 is 0. The van der Waals surface area contributed by atoms with Crippen LogP contribution in [0.1, 0.15) is 41.6 Å². The molecule has 4 heterocycles. The van der Waals surface area contributed by atoms with Crippen molar-refractivity contribution in [2.75, 3.05) is 0 Å². The molecule has 4 aromatic rings. The van der Waals surface area contributed by atoms with Crippen LogP contribution in [-0.2, 0) is 19.0 Å². The van der Waals surface area contributed by atoms with Crippen molar-refractivity contribution in [2.45, 2.75) is 32.0 Å². The van der Waals surface area contributed by atoms with Gasteiger partial charge < -0.3 is 4.98 Å². The van der Waals surface area contributed by atoms with Crippen LogP contribution in [0.25, 0.3) is 11.0 Å². The number of aryl methyl sites for hydroxylation is 2. The van der Waals surface area contributed by atoms with E-state index in [0.29, 0.717) is 30.1 Å². The molecule has 0 spiro atoms. The summed E-state index contributed by atoms with van der Waals surface area (Å²) in [4.78, 5) is 31.5. The minimum atomic E-state index is -4.56. The molecule has 0 aliphatic carbocycles. The molecule has 1 unspecified atom stereocenters. The summed E-state index contributed by atoms with van der Waals surface area (Å²) < 4.78 is 39.8. The maximum absolute atomic E-state index is 12.8. The Bertz CT molecular complexity index is 1350. The lowest BCUT2D eigenvalue weighted by Crippen LogP contribution is -2.16. The third-order valence-corrected chi connectivity index (χ3v) is 4.85. The minimum Gasteiger partial charge on any atom is -0.310 e. The molecule has 0 fully saturated rings. The lowest BCUT2D eigenvalue weighted by Gasteiger charge is -2.14. The molecule has 0 saturated heterocycles. The zero-order valence-corrected chi connectivity index (χ0v) is 16.6. The second-order valence-corrected chi connectivity index (χ2v) is 6.93. The molecule has 12 heteroatoms. The van der Waals surface area contributed by atoms with E-state index >= 15 is 0 Å². The van der Waals surface area contributed by atoms with Crippen LogP contribution in [0.3, 0.4) is 0 Å². The standard InChI is InChI=1S/C20H15F3N8O/c1-11(12-3-4-14(27-10-12)20(21,22)23)31-18-17(13(9-24)30-31)19(32)29-16(28-18)6-5-15-25-7-2-8-26-15/h2-4,7-8,10-11H,5-6H2,1H3,(H,28,29,32). The quantitative estimate of drug-likeness (QED) is 0.505. The van der Waals surface area contributed by atoms with Crippen molar-refractivity contribution in [1.82, 2.24) is 34.7 Å². The number of hydrogen-bond donors (Lipinski definition) is 1. The van der Waals surface area contributed by atoms with E-state index in [2.05, 4.69) is 30.0 Å². The van der Waals surface area contributed by atoms with E-state index < -0.39 is 23.5 Å². The summed E-state index contributed by atoms with van der Waals surface area (Å²) in [7, 11) is 0. The molecule has 162 valence electrons. The van der Waals surface area contributed by atoms with E-state index in [1.807, 2.05) is 6.07 Å². The molecule has 4 aromatic heterocycles. The van der Waals surface area contributed by atoms with Gasteiger partial charge in [-0.1, -0.05) is 6.07 Å². The van der Waals surface area contributed by atoms with Crippen molar-refractivity contribution < 1.29 is 13.2 Å². The maximum Gasteiger partial charge on any atom is 0.433 e. The number of H-pyrrole nitrogens is 1. The molecule has 1 N–H and O–H groups in total. The zero-order chi connectivity index (χ0) is 22.9. The molecule has 9 nitrogen and oxygen atoms in total. The van der Waals surface area contributed by atoms with Crippen molar-refractivity contribution in [3.63, 3.8) is 0 Å². The van der Waals surface area contributed by atoms with Gasteiger partial charge in [-0.05, 0) is 24.6 Å². The topological polar surface area (TPSA) is 126 Å². The molecular formula is C20H15F3N8O. The van der Waals surface area contributed by atoms with Crippen LogP contribution in [0.5, 0.6) is 0 Å². The molecule has 0 amide bonds. The van der Waals surface area contributed by atoms with E-state index in [-0.39, 0.29) is 16.7 Å². The molecule has 0 aliphatic rings. The summed E-state index contributed by atoms with van der Waals surface area (Å²) in [5.74, 6) is 0.920. The number of aromatic nitrogens is 7. The number of pyridine rings is 1. The van der Waals surface area contributed by atoms with Gasteiger partial charge in [0.15, 0.2) is 11.3 Å². The third kappa shape index (κ3) is 4.04. The van der Waals surface area contributed by atoms with Crippen LogP contribution in [0.15, 0.2) is 41.6 Å². The van der Waals surface area contributed by atoms with Crippen molar-refractivity contribution in [1.29, 1.82) is 5.26 Å². The first-order valence-corrected chi connectivity index (χ1v) is 9.48. The summed E-state index contributed by atoms with van der Waals surface area (Å²) in [6, 6.07) is 5.07. The number of alkyl halides is 3. The van der Waals surface area contributed by atoms with Gasteiger partial charge in [0.25, 0.3) is 5.56 Å². The molecule has 4 rings (SSSR count). The van der Waals surface area contributed by atoms with Crippen molar-refractivity contribution in [3.05, 3.63) is 75.7 Å². The molecule has 0 bridgehead atoms. The van der Waals surface area contributed by atoms with Crippen molar-refractivity contribution >= 4 is 11.0 Å². The van der Waals surface area contributed by atoms with Gasteiger partial charge in [0, 0.05) is 31.4 Å². The molecular weight excluding hydrogens is 425 g/mol. The lowest BCUT2D eigenvalue weighted by molar-refractivity contribution is -0.141. The predicted octanol–water partition coefficient (Wildman–Crippen LogP) is 2.59. The summed E-state index contributed by atoms with van der Waals surface area (Å²) in [6.45, 7) is 1.66. The number of hydrogen-bond acceptors (Lipinski definition) is 7. The Labute approximate surface area is 178 Å². The van der Waals surface area contributed by atoms with Gasteiger partial charge in [0.05, 0.1) is 6.04 Å². The molecule has 0 radical (unpaired) electrons. The summed E-state index contributed by atoms with van der Waals surface area (Å²) in [6.07, 6.45) is 0.505. The summed E-state index contributed by atoms with van der Waals surface area (Å²) in [5, 5.41) is 13.6. The average Bonchev–Trinajstić information content (AvgIpc) is 3.16. The van der Waals surface area contributed by atoms with Gasteiger partial charge in [0.2, 0.25) is 0 Å². The van der Waals surface area contributed by atoms with E-state index in [1.165, 1.54) is 10.7 Å². The number of nitrogens with zero attached hydrogens (tertiary/aromatic N) is 7. The van der Waals surface area contributed by atoms with Gasteiger partial charge in [-0.3, -0.25) is 9.78 Å². The van der Waals surface area contributed by atoms with E-state index in [9.17, 15) is 23.2 Å². The van der Waals surface area contributed by atoms with Crippen LogP contribution in [-0.4, -0.2) is 34.7 Å². The highest BCUT2D eigenvalue weighted by molar-refractivity contribution is 5.80. The van der Waals surface area contributed by atoms with Crippen LogP contribution in [0.4, 0.5) is 13.2 Å². The predicted molar refractivity (Wildman–Crippen MR) is 105 cm³/mol. The highest BCUT2D eigenvalue weighted by Crippen LogP contribution is 2.29. The van der Waals surface area contributed by atoms with E-state index in [4.69, 9.17) is 0 Å². The van der Waals surface area contributed by atoms with Crippen molar-refractivity contribution in [2.24, 2.45) is 0 Å². The first kappa shape index (κ1) is 21.1. The minimum absolute atomic E-state index is 0.0129. The molecule has 32 heavy (non-hydrogen) atoms. The fraction of sp³-hybridized carbons (Fsp3) is 0.250. The number of nitrogens with one attached hydrogen (secondary N) is 1. The Kier molecular flexibility index (Phi) is 5.40. The number of rotatable bonds is 5. The van der Waals surface area contributed by atoms with Crippen LogP contribution >= 0.6 is 0 Å². The number of nitriles is 1. The van der Waals surface area contributed by atoms with Crippen LogP contribution < -0.4 is 5.56 Å². The Morgan fingerprint density at radius 2 is 1.94 bits per heavy atom. The smallest absolute Gasteiger partial charge is 0.310 e. The lowest BCUT2D eigenvalue weighted by atomic mass is 10.1. The number of aromatic amines is 1. The number of halogens is 3. The third-order valence-electron chi connectivity index (χ3n) is 4.85. The Morgan fingerprint density at radius 1 is 1.19 bits per heavy atom. The second-order valence-electron chi connectivity index (χ2n) is 6.93. The number of fused-ring (bicyclic) bond motifs is 1. The Hall–Kier alpha value is -4.14. The van der Waals surface area contributed by atoms with E-state index in [0.717, 1.165) is 12.3 Å². The van der Waals surface area contributed by atoms with Gasteiger partial charge in [-0.2, -0.15) is 23.5 Å². The molecule has 0 aromatic carbocycles. The Morgan fingerprint density at radius 3 is 2.56 bits per heavy atom. The second kappa shape index (κ2) is 8.18. The fourth-order valence-corrected chi connectivity index (χ4v) is 3.21. The Balaban J connectivity index is 1.73. The normalized spacial score (nSPS) is 12.6. The first-order valence-electron chi connectivity index (χ1n) is 9.48. The van der Waals surface area contributed by atoms with Gasteiger partial charge in [0.1, 0.15) is 28.8 Å². The van der Waals surface area contributed by atoms with Crippen LogP contribution in [0.2, 0.25) is 0 Å². The van der Waals surface area contributed by atoms with E-state index in [1.54, 1.807) is 25.4 Å². The maximum atomic E-state index is 12.8. The average molecular weight is 440 g/mol. The van der Waals surface area contributed by atoms with Crippen molar-refractivity contribution in [3.8, 4) is 6.07 Å². The first-order chi connectivity index (χ1) is 15.3. The zero-order valence-electron chi connectivity index (χ0n) is 16.6.